The summed E-state index contributed by atoms with van der Waals surface area (Å²) in [6, 6.07) is 0.0443. The van der Waals surface area contributed by atoms with Crippen molar-refractivity contribution in [1.29, 1.82) is 0 Å². The van der Waals surface area contributed by atoms with Gasteiger partial charge in [-0.25, -0.2) is 4.98 Å². The zero-order valence-electron chi connectivity index (χ0n) is 12.7. The Balaban J connectivity index is 2.00. The number of carbonyl (C=O) groups excluding carboxylic acids is 2. The van der Waals surface area contributed by atoms with Crippen molar-refractivity contribution in [3.8, 4) is 0 Å². The van der Waals surface area contributed by atoms with Gasteiger partial charge in [0.2, 0.25) is 0 Å². The molecule has 7 heteroatoms. The maximum absolute atomic E-state index is 12.1. The Morgan fingerprint density at radius 2 is 1.95 bits per heavy atom. The van der Waals surface area contributed by atoms with Crippen LogP contribution in [0.4, 0.5) is 5.82 Å². The number of hydrogen-bond acceptors (Lipinski definition) is 5. The number of rotatable bonds is 5. The van der Waals surface area contributed by atoms with Gasteiger partial charge in [0.15, 0.2) is 0 Å². The first kappa shape index (κ1) is 15.2. The van der Waals surface area contributed by atoms with E-state index in [0.29, 0.717) is 31.1 Å². The summed E-state index contributed by atoms with van der Waals surface area (Å²) in [6.07, 6.45) is 3.26. The van der Waals surface area contributed by atoms with Crippen molar-refractivity contribution in [2.45, 2.75) is 33.4 Å². The van der Waals surface area contributed by atoms with E-state index >= 15 is 0 Å². The Morgan fingerprint density at radius 3 is 2.52 bits per heavy atom. The summed E-state index contributed by atoms with van der Waals surface area (Å²) >= 11 is 0. The van der Waals surface area contributed by atoms with Gasteiger partial charge in [0.25, 0.3) is 0 Å². The molecule has 2 heterocycles. The van der Waals surface area contributed by atoms with Gasteiger partial charge in [-0.1, -0.05) is 0 Å². The van der Waals surface area contributed by atoms with Gasteiger partial charge in [0, 0.05) is 25.7 Å². The van der Waals surface area contributed by atoms with E-state index in [1.165, 1.54) is 4.90 Å². The lowest BCUT2D eigenvalue weighted by atomic mass is 10.2. The minimum Gasteiger partial charge on any atom is -0.369 e. The fourth-order valence-electron chi connectivity index (χ4n) is 2.24. The van der Waals surface area contributed by atoms with Crippen molar-refractivity contribution < 1.29 is 9.59 Å². The molecule has 1 aromatic rings. The third kappa shape index (κ3) is 3.48. The Labute approximate surface area is 124 Å². The van der Waals surface area contributed by atoms with Crippen LogP contribution in [0.1, 0.15) is 26.5 Å². The zero-order chi connectivity index (χ0) is 15.4. The lowest BCUT2D eigenvalue weighted by molar-refractivity contribution is -0.157. The summed E-state index contributed by atoms with van der Waals surface area (Å²) in [5, 5.41) is 3.06. The summed E-state index contributed by atoms with van der Waals surface area (Å²) in [4.78, 5) is 35.7. The fourth-order valence-corrected chi connectivity index (χ4v) is 2.24. The molecule has 0 unspecified atom stereocenters. The first-order valence-corrected chi connectivity index (χ1v) is 7.17. The molecule has 0 aliphatic carbocycles. The van der Waals surface area contributed by atoms with Gasteiger partial charge < -0.3 is 15.1 Å². The van der Waals surface area contributed by atoms with Crippen LogP contribution in [-0.4, -0.2) is 57.3 Å². The average Bonchev–Trinajstić information content (AvgIpc) is 2.46. The zero-order valence-corrected chi connectivity index (χ0v) is 12.7. The van der Waals surface area contributed by atoms with E-state index in [9.17, 15) is 9.59 Å². The molecule has 1 aromatic heterocycles. The van der Waals surface area contributed by atoms with Gasteiger partial charge in [-0.05, 0) is 20.8 Å². The van der Waals surface area contributed by atoms with E-state index in [1.54, 1.807) is 17.3 Å². The van der Waals surface area contributed by atoms with Crippen LogP contribution in [0.3, 0.4) is 0 Å². The van der Waals surface area contributed by atoms with Gasteiger partial charge in [0.05, 0.1) is 24.6 Å². The van der Waals surface area contributed by atoms with Crippen molar-refractivity contribution in [3.05, 3.63) is 18.1 Å². The maximum atomic E-state index is 12.1. The van der Waals surface area contributed by atoms with Gasteiger partial charge in [-0.2, -0.15) is 0 Å². The first-order valence-electron chi connectivity index (χ1n) is 7.17. The fraction of sp³-hybridized carbons (Fsp3) is 0.571. The quantitative estimate of drug-likeness (QED) is 0.799. The predicted molar refractivity (Wildman–Crippen MR) is 78.5 cm³/mol. The van der Waals surface area contributed by atoms with Gasteiger partial charge in [-0.15, -0.1) is 0 Å². The predicted octanol–water partition coefficient (Wildman–Crippen LogP) is 0.488. The van der Waals surface area contributed by atoms with E-state index < -0.39 is 11.8 Å². The third-order valence-electron chi connectivity index (χ3n) is 3.38. The molecule has 114 valence electrons. The van der Waals surface area contributed by atoms with E-state index in [2.05, 4.69) is 15.3 Å². The second kappa shape index (κ2) is 6.51. The normalized spacial score (nSPS) is 15.8. The molecule has 0 radical (unpaired) electrons. The molecule has 0 atom stereocenters. The minimum atomic E-state index is -0.465. The lowest BCUT2D eigenvalue weighted by Gasteiger charge is -2.35. The molecular weight excluding hydrogens is 270 g/mol. The van der Waals surface area contributed by atoms with Crippen LogP contribution in [0.25, 0.3) is 0 Å². The largest absolute Gasteiger partial charge is 0.369 e. The standard InChI is InChI=1S/C14H21N5O2/c1-4-15-12-8-16-11(7-17-12)9-18-5-6-19(10(2)3)14(21)13(18)20/h7-8,10H,4-6,9H2,1-3H3,(H,15,17). The lowest BCUT2D eigenvalue weighted by Crippen LogP contribution is -2.55. The van der Waals surface area contributed by atoms with Crippen LogP contribution < -0.4 is 5.32 Å². The highest BCUT2D eigenvalue weighted by Crippen LogP contribution is 2.12. The van der Waals surface area contributed by atoms with E-state index in [4.69, 9.17) is 0 Å². The van der Waals surface area contributed by atoms with E-state index in [-0.39, 0.29) is 6.04 Å². The molecule has 0 aromatic carbocycles. The number of aromatic nitrogens is 2. The molecule has 1 saturated heterocycles. The van der Waals surface area contributed by atoms with E-state index in [0.717, 1.165) is 6.54 Å². The smallest absolute Gasteiger partial charge is 0.312 e. The van der Waals surface area contributed by atoms with Crippen LogP contribution in [0.2, 0.25) is 0 Å². The van der Waals surface area contributed by atoms with Gasteiger partial charge in [0.1, 0.15) is 5.82 Å². The van der Waals surface area contributed by atoms with Gasteiger partial charge in [-0.3, -0.25) is 14.6 Å². The Kier molecular flexibility index (Phi) is 4.72. The maximum Gasteiger partial charge on any atom is 0.312 e. The molecule has 1 fully saturated rings. The molecule has 2 amide bonds. The molecule has 1 aliphatic rings. The SMILES string of the molecule is CCNc1cnc(CN2CCN(C(C)C)C(=O)C2=O)cn1. The molecular formula is C14H21N5O2. The molecule has 21 heavy (non-hydrogen) atoms. The summed E-state index contributed by atoms with van der Waals surface area (Å²) in [6.45, 7) is 7.98. The number of hydrogen-bond donors (Lipinski definition) is 1. The van der Waals surface area contributed by atoms with Crippen LogP contribution in [0, 0.1) is 0 Å². The van der Waals surface area contributed by atoms with Crippen LogP contribution in [0.5, 0.6) is 0 Å². The molecule has 0 bridgehead atoms. The molecule has 0 spiro atoms. The number of nitrogens with zero attached hydrogens (tertiary/aromatic N) is 4. The molecule has 1 aliphatic heterocycles. The molecule has 7 nitrogen and oxygen atoms in total. The van der Waals surface area contributed by atoms with Crippen LogP contribution in [0.15, 0.2) is 12.4 Å². The minimum absolute atomic E-state index is 0.0443. The summed E-state index contributed by atoms with van der Waals surface area (Å²) in [5.41, 5.74) is 0.677. The number of anilines is 1. The Morgan fingerprint density at radius 1 is 1.19 bits per heavy atom. The molecule has 0 saturated carbocycles. The monoisotopic (exact) mass is 291 g/mol. The molecule has 2 rings (SSSR count). The number of nitrogens with one attached hydrogen (secondary N) is 1. The topological polar surface area (TPSA) is 78.4 Å². The van der Waals surface area contributed by atoms with Gasteiger partial charge >= 0.3 is 11.8 Å². The average molecular weight is 291 g/mol. The highest BCUT2D eigenvalue weighted by atomic mass is 16.2. The van der Waals surface area contributed by atoms with Crippen molar-refractivity contribution in [2.75, 3.05) is 25.0 Å². The first-order chi connectivity index (χ1) is 10.0. The Hall–Kier alpha value is -2.18. The second-order valence-electron chi connectivity index (χ2n) is 5.24. The molecule has 1 N–H and O–H groups in total. The third-order valence-corrected chi connectivity index (χ3v) is 3.38. The van der Waals surface area contributed by atoms with Crippen molar-refractivity contribution >= 4 is 17.6 Å². The Bertz CT molecular complexity index is 515. The van der Waals surface area contributed by atoms with Crippen molar-refractivity contribution in [3.63, 3.8) is 0 Å². The second-order valence-corrected chi connectivity index (χ2v) is 5.24. The number of carbonyl (C=O) groups is 2. The highest BCUT2D eigenvalue weighted by molar-refractivity contribution is 6.35. The van der Waals surface area contributed by atoms with Crippen LogP contribution in [-0.2, 0) is 16.1 Å². The van der Waals surface area contributed by atoms with Crippen molar-refractivity contribution in [1.82, 2.24) is 19.8 Å². The summed E-state index contributed by atoms with van der Waals surface area (Å²) in [5.74, 6) is -0.200. The number of amides is 2. The summed E-state index contributed by atoms with van der Waals surface area (Å²) in [7, 11) is 0. The van der Waals surface area contributed by atoms with Crippen molar-refractivity contribution in [2.24, 2.45) is 0 Å². The summed E-state index contributed by atoms with van der Waals surface area (Å²) < 4.78 is 0. The number of piperazine rings is 1. The van der Waals surface area contributed by atoms with Crippen LogP contribution >= 0.6 is 0 Å². The highest BCUT2D eigenvalue weighted by Gasteiger charge is 2.33. The van der Waals surface area contributed by atoms with E-state index in [1.807, 2.05) is 20.8 Å².